The Balaban J connectivity index is 1.36. The van der Waals surface area contributed by atoms with E-state index in [0.717, 1.165) is 35.2 Å². The number of aromatic nitrogens is 3. The quantitative estimate of drug-likeness (QED) is 0.664. The topological polar surface area (TPSA) is 80.2 Å². The van der Waals surface area contributed by atoms with E-state index in [1.165, 1.54) is 6.20 Å². The van der Waals surface area contributed by atoms with Gasteiger partial charge in [0.2, 0.25) is 5.88 Å². The van der Waals surface area contributed by atoms with Gasteiger partial charge in [-0.1, -0.05) is 29.8 Å². The molecule has 1 fully saturated rings. The number of urea groups is 1. The van der Waals surface area contributed by atoms with Gasteiger partial charge >= 0.3 is 6.03 Å². The summed E-state index contributed by atoms with van der Waals surface area (Å²) in [4.78, 5) is 26.9. The van der Waals surface area contributed by atoms with Crippen molar-refractivity contribution < 1.29 is 9.53 Å². The molecule has 1 N–H and O–H groups in total. The number of pyridine rings is 1. The van der Waals surface area contributed by atoms with Gasteiger partial charge in [0.25, 0.3) is 0 Å². The van der Waals surface area contributed by atoms with Crippen molar-refractivity contribution >= 4 is 23.3 Å². The van der Waals surface area contributed by atoms with E-state index in [2.05, 4.69) is 20.3 Å². The molecule has 1 aromatic carbocycles. The highest BCUT2D eigenvalue weighted by atomic mass is 35.5. The number of carbonyl (C=O) groups excluding carboxylic acids is 1. The number of ether oxygens (including phenoxy) is 1. The third-order valence-electron chi connectivity index (χ3n) is 5.07. The summed E-state index contributed by atoms with van der Waals surface area (Å²) in [6.45, 7) is 3.19. The molecule has 3 heterocycles. The number of rotatable bonds is 4. The predicted octanol–water partition coefficient (Wildman–Crippen LogP) is 4.58. The number of amides is 2. The zero-order valence-electron chi connectivity index (χ0n) is 16.6. The highest BCUT2D eigenvalue weighted by molar-refractivity contribution is 6.29. The van der Waals surface area contributed by atoms with Gasteiger partial charge in [-0.25, -0.2) is 4.79 Å². The van der Waals surface area contributed by atoms with Crippen LogP contribution >= 0.6 is 11.6 Å². The van der Waals surface area contributed by atoms with Gasteiger partial charge in [-0.3, -0.25) is 9.97 Å². The van der Waals surface area contributed by atoms with Crippen molar-refractivity contribution in [1.29, 1.82) is 0 Å². The van der Waals surface area contributed by atoms with Crippen LogP contribution in [0.25, 0.3) is 11.1 Å². The fraction of sp³-hybridized carbons (Fsp3) is 0.273. The Kier molecular flexibility index (Phi) is 6.09. The number of aryl methyl sites for hydroxylation is 1. The molecule has 0 atom stereocenters. The monoisotopic (exact) mass is 423 g/mol. The number of nitrogens with one attached hydrogen (secondary N) is 1. The smallest absolute Gasteiger partial charge is 0.321 e. The number of piperidine rings is 1. The summed E-state index contributed by atoms with van der Waals surface area (Å²) in [5.74, 6) is 0.410. The van der Waals surface area contributed by atoms with Crippen molar-refractivity contribution in [1.82, 2.24) is 19.9 Å². The van der Waals surface area contributed by atoms with E-state index in [0.29, 0.717) is 24.1 Å². The minimum absolute atomic E-state index is 0.0162. The van der Waals surface area contributed by atoms with Crippen LogP contribution in [0.1, 0.15) is 18.4 Å². The summed E-state index contributed by atoms with van der Waals surface area (Å²) in [6.07, 6.45) is 7.98. The molecule has 154 valence electrons. The lowest BCUT2D eigenvalue weighted by atomic mass is 10.0. The van der Waals surface area contributed by atoms with Crippen molar-refractivity contribution in [2.75, 3.05) is 18.4 Å². The number of anilines is 1. The molecule has 2 amide bonds. The van der Waals surface area contributed by atoms with Gasteiger partial charge in [0.15, 0.2) is 5.15 Å². The van der Waals surface area contributed by atoms with Crippen LogP contribution in [-0.4, -0.2) is 45.1 Å². The predicted molar refractivity (Wildman–Crippen MR) is 116 cm³/mol. The summed E-state index contributed by atoms with van der Waals surface area (Å²) in [5.41, 5.74) is 3.83. The minimum atomic E-state index is -0.109. The normalized spacial score (nSPS) is 14.4. The Bertz CT molecular complexity index is 1020. The maximum atomic E-state index is 12.8. The summed E-state index contributed by atoms with van der Waals surface area (Å²) in [6, 6.07) is 9.81. The van der Waals surface area contributed by atoms with Gasteiger partial charge < -0.3 is 15.0 Å². The summed E-state index contributed by atoms with van der Waals surface area (Å²) >= 11 is 5.85. The van der Waals surface area contributed by atoms with Crippen molar-refractivity contribution in [2.45, 2.75) is 25.9 Å². The molecule has 7 nitrogen and oxygen atoms in total. The third kappa shape index (κ3) is 4.86. The second kappa shape index (κ2) is 9.09. The summed E-state index contributed by atoms with van der Waals surface area (Å²) in [5, 5.41) is 3.35. The van der Waals surface area contributed by atoms with Crippen LogP contribution < -0.4 is 10.1 Å². The first-order valence-corrected chi connectivity index (χ1v) is 10.2. The molecule has 3 aromatic rings. The first kappa shape index (κ1) is 20.1. The van der Waals surface area contributed by atoms with Crippen molar-refractivity contribution in [3.63, 3.8) is 0 Å². The van der Waals surface area contributed by atoms with Crippen molar-refractivity contribution in [2.24, 2.45) is 0 Å². The van der Waals surface area contributed by atoms with E-state index in [-0.39, 0.29) is 12.1 Å². The first-order valence-electron chi connectivity index (χ1n) is 9.79. The third-order valence-corrected chi connectivity index (χ3v) is 5.26. The van der Waals surface area contributed by atoms with Gasteiger partial charge in [0.1, 0.15) is 6.10 Å². The molecule has 0 radical (unpaired) electrons. The molecule has 1 saturated heterocycles. The van der Waals surface area contributed by atoms with Crippen LogP contribution in [-0.2, 0) is 0 Å². The standard InChI is InChI=1S/C22H22ClN5O2/c1-15-4-5-16(17-3-2-8-24-12-17)11-19(15)26-22(29)28-9-6-18(7-10-28)30-21-14-25-13-20(23)27-21/h2-5,8,11-14,18H,6-7,9-10H2,1H3,(H,26,29). The highest BCUT2D eigenvalue weighted by Crippen LogP contribution is 2.26. The lowest BCUT2D eigenvalue weighted by Gasteiger charge is -2.32. The molecule has 1 aliphatic rings. The first-order chi connectivity index (χ1) is 14.6. The second-order valence-corrected chi connectivity index (χ2v) is 7.57. The zero-order valence-corrected chi connectivity index (χ0v) is 17.3. The number of carbonyl (C=O) groups is 1. The maximum Gasteiger partial charge on any atom is 0.321 e. The van der Waals surface area contributed by atoms with Gasteiger partial charge in [0.05, 0.1) is 12.4 Å². The second-order valence-electron chi connectivity index (χ2n) is 7.19. The molecule has 8 heteroatoms. The van der Waals surface area contributed by atoms with Gasteiger partial charge in [-0.15, -0.1) is 0 Å². The van der Waals surface area contributed by atoms with Gasteiger partial charge in [-0.05, 0) is 30.2 Å². The number of nitrogens with zero attached hydrogens (tertiary/aromatic N) is 4. The lowest BCUT2D eigenvalue weighted by molar-refractivity contribution is 0.111. The molecule has 0 spiro atoms. The van der Waals surface area contributed by atoms with Crippen LogP contribution in [0.15, 0.2) is 55.1 Å². The molecule has 30 heavy (non-hydrogen) atoms. The number of benzene rings is 1. The SMILES string of the molecule is Cc1ccc(-c2cccnc2)cc1NC(=O)N1CCC(Oc2cncc(Cl)n2)CC1. The Labute approximate surface area is 180 Å². The Hall–Kier alpha value is -3.19. The maximum absolute atomic E-state index is 12.8. The molecular weight excluding hydrogens is 402 g/mol. The Morgan fingerprint density at radius 3 is 2.70 bits per heavy atom. The highest BCUT2D eigenvalue weighted by Gasteiger charge is 2.24. The number of halogens is 1. The minimum Gasteiger partial charge on any atom is -0.473 e. The summed E-state index contributed by atoms with van der Waals surface area (Å²) < 4.78 is 5.84. The molecular formula is C22H22ClN5O2. The molecule has 0 bridgehead atoms. The molecule has 0 unspecified atom stereocenters. The lowest BCUT2D eigenvalue weighted by Crippen LogP contribution is -2.43. The average Bonchev–Trinajstić information content (AvgIpc) is 2.76. The van der Waals surface area contributed by atoms with E-state index in [4.69, 9.17) is 16.3 Å². The Morgan fingerprint density at radius 1 is 1.13 bits per heavy atom. The Morgan fingerprint density at radius 2 is 1.97 bits per heavy atom. The molecule has 0 aliphatic carbocycles. The van der Waals surface area contributed by atoms with E-state index in [1.54, 1.807) is 17.3 Å². The van der Waals surface area contributed by atoms with E-state index in [9.17, 15) is 4.79 Å². The van der Waals surface area contributed by atoms with Crippen LogP contribution in [0.5, 0.6) is 5.88 Å². The van der Waals surface area contributed by atoms with Crippen LogP contribution in [0, 0.1) is 6.92 Å². The fourth-order valence-electron chi connectivity index (χ4n) is 3.39. The van der Waals surface area contributed by atoms with Gasteiger partial charge in [-0.2, -0.15) is 4.98 Å². The molecule has 0 saturated carbocycles. The fourth-order valence-corrected chi connectivity index (χ4v) is 3.53. The van der Waals surface area contributed by atoms with Crippen molar-refractivity contribution in [3.8, 4) is 17.0 Å². The largest absolute Gasteiger partial charge is 0.473 e. The molecule has 2 aromatic heterocycles. The van der Waals surface area contributed by atoms with Crippen LogP contribution in [0.3, 0.4) is 0 Å². The molecule has 4 rings (SSSR count). The van der Waals surface area contributed by atoms with Crippen LogP contribution in [0.2, 0.25) is 5.15 Å². The number of likely N-dealkylation sites (tertiary alicyclic amines) is 1. The van der Waals surface area contributed by atoms with Crippen LogP contribution in [0.4, 0.5) is 10.5 Å². The number of hydrogen-bond acceptors (Lipinski definition) is 5. The number of hydrogen-bond donors (Lipinski definition) is 1. The van der Waals surface area contributed by atoms with E-state index >= 15 is 0 Å². The van der Waals surface area contributed by atoms with E-state index < -0.39 is 0 Å². The molecule has 1 aliphatic heterocycles. The average molecular weight is 424 g/mol. The van der Waals surface area contributed by atoms with Crippen molar-refractivity contribution in [3.05, 3.63) is 65.8 Å². The summed E-state index contributed by atoms with van der Waals surface area (Å²) in [7, 11) is 0. The van der Waals surface area contributed by atoms with Gasteiger partial charge in [0, 0.05) is 49.6 Å². The van der Waals surface area contributed by atoms with E-state index in [1.807, 2.05) is 43.5 Å². The zero-order chi connectivity index (χ0) is 20.9.